The zero-order chi connectivity index (χ0) is 21.1. The summed E-state index contributed by atoms with van der Waals surface area (Å²) in [5, 5.41) is 4.68. The average molecular weight is 426 g/mol. The molecule has 3 rings (SSSR count). The van der Waals surface area contributed by atoms with E-state index in [0.717, 1.165) is 6.07 Å². The molecule has 0 saturated carbocycles. The first-order valence-corrected chi connectivity index (χ1v) is 8.97. The van der Waals surface area contributed by atoms with Gasteiger partial charge in [-0.3, -0.25) is 14.4 Å². The van der Waals surface area contributed by atoms with Gasteiger partial charge < -0.3 is 15.5 Å². The monoisotopic (exact) mass is 425 g/mol. The third-order valence-corrected chi connectivity index (χ3v) is 4.61. The Labute approximate surface area is 168 Å². The van der Waals surface area contributed by atoms with Crippen molar-refractivity contribution < 1.29 is 27.6 Å². The Bertz CT molecular complexity index is 1000. The zero-order valence-electron chi connectivity index (χ0n) is 14.9. The Morgan fingerprint density at radius 1 is 1.10 bits per heavy atom. The fourth-order valence-electron chi connectivity index (χ4n) is 2.84. The summed E-state index contributed by atoms with van der Waals surface area (Å²) >= 11 is 6.12. The van der Waals surface area contributed by atoms with Gasteiger partial charge in [-0.2, -0.15) is 0 Å². The molecule has 0 aliphatic carbocycles. The van der Waals surface area contributed by atoms with Crippen LogP contribution in [0.3, 0.4) is 0 Å². The fraction of sp³-hybridized carbons (Fsp3) is 0.211. The molecular formula is C19H15ClF3N3O3. The summed E-state index contributed by atoms with van der Waals surface area (Å²) in [6, 6.07) is 5.87. The van der Waals surface area contributed by atoms with Crippen molar-refractivity contribution in [3.8, 4) is 0 Å². The Hall–Kier alpha value is -3.07. The second-order valence-corrected chi connectivity index (χ2v) is 6.68. The minimum atomic E-state index is -1.71. The van der Waals surface area contributed by atoms with Gasteiger partial charge in [-0.05, 0) is 36.8 Å². The van der Waals surface area contributed by atoms with E-state index in [4.69, 9.17) is 11.6 Å². The van der Waals surface area contributed by atoms with Crippen LogP contribution >= 0.6 is 11.6 Å². The van der Waals surface area contributed by atoms with Gasteiger partial charge in [0.2, 0.25) is 11.8 Å². The van der Waals surface area contributed by atoms with E-state index in [2.05, 4.69) is 5.32 Å². The minimum Gasteiger partial charge on any atom is -0.343 e. The number of rotatable bonds is 5. The summed E-state index contributed by atoms with van der Waals surface area (Å²) in [6.45, 7) is -0.0519. The van der Waals surface area contributed by atoms with Gasteiger partial charge in [0.15, 0.2) is 17.5 Å². The molecule has 152 valence electrons. The predicted molar refractivity (Wildman–Crippen MR) is 100 cm³/mol. The Morgan fingerprint density at radius 2 is 1.86 bits per heavy atom. The molecule has 2 aromatic carbocycles. The van der Waals surface area contributed by atoms with E-state index in [1.54, 1.807) is 0 Å². The van der Waals surface area contributed by atoms with Gasteiger partial charge >= 0.3 is 0 Å². The second kappa shape index (κ2) is 8.52. The van der Waals surface area contributed by atoms with Crippen molar-refractivity contribution in [2.24, 2.45) is 0 Å². The molecule has 2 aromatic rings. The first kappa shape index (κ1) is 20.7. The summed E-state index contributed by atoms with van der Waals surface area (Å²) in [5.74, 6) is -6.21. The van der Waals surface area contributed by atoms with Crippen LogP contribution in [0.25, 0.3) is 0 Å². The molecule has 1 saturated heterocycles. The highest BCUT2D eigenvalue weighted by Gasteiger charge is 2.24. The van der Waals surface area contributed by atoms with Crippen molar-refractivity contribution in [2.45, 2.75) is 12.8 Å². The maximum Gasteiger partial charge on any atom is 0.251 e. The molecule has 0 unspecified atom stereocenters. The number of amides is 3. The number of carbonyl (C=O) groups is 3. The first-order valence-electron chi connectivity index (χ1n) is 8.59. The van der Waals surface area contributed by atoms with Crippen molar-refractivity contribution in [1.29, 1.82) is 0 Å². The molecule has 6 nitrogen and oxygen atoms in total. The maximum absolute atomic E-state index is 13.6. The van der Waals surface area contributed by atoms with E-state index in [1.165, 1.54) is 23.1 Å². The molecule has 1 aliphatic heterocycles. The van der Waals surface area contributed by atoms with Crippen LogP contribution < -0.4 is 15.5 Å². The van der Waals surface area contributed by atoms with Crippen LogP contribution in [-0.2, 0) is 9.59 Å². The smallest absolute Gasteiger partial charge is 0.251 e. The van der Waals surface area contributed by atoms with Crippen LogP contribution in [0.2, 0.25) is 5.02 Å². The molecule has 0 aromatic heterocycles. The Balaban J connectivity index is 1.64. The van der Waals surface area contributed by atoms with Gasteiger partial charge in [-0.15, -0.1) is 0 Å². The number of carbonyl (C=O) groups excluding carboxylic acids is 3. The van der Waals surface area contributed by atoms with Crippen molar-refractivity contribution in [2.75, 3.05) is 23.3 Å². The molecule has 3 amide bonds. The Kier molecular flexibility index (Phi) is 6.07. The van der Waals surface area contributed by atoms with Crippen LogP contribution in [0.5, 0.6) is 0 Å². The highest BCUT2D eigenvalue weighted by Crippen LogP contribution is 2.30. The SMILES string of the molecule is O=C(CNC(=O)c1ccc(Cl)c(N2CCCC2=O)c1)Nc1ccc(F)c(F)c1F. The lowest BCUT2D eigenvalue weighted by atomic mass is 10.1. The van der Waals surface area contributed by atoms with Gasteiger partial charge in [-0.25, -0.2) is 13.2 Å². The van der Waals surface area contributed by atoms with Gasteiger partial charge in [0.05, 0.1) is 22.9 Å². The topological polar surface area (TPSA) is 78.5 Å². The second-order valence-electron chi connectivity index (χ2n) is 6.27. The highest BCUT2D eigenvalue weighted by atomic mass is 35.5. The molecule has 1 fully saturated rings. The molecule has 2 N–H and O–H groups in total. The number of anilines is 2. The van der Waals surface area contributed by atoms with Crippen LogP contribution in [0.1, 0.15) is 23.2 Å². The highest BCUT2D eigenvalue weighted by molar-refractivity contribution is 6.34. The summed E-state index contributed by atoms with van der Waals surface area (Å²) in [7, 11) is 0. The van der Waals surface area contributed by atoms with Gasteiger partial charge in [0.1, 0.15) is 0 Å². The molecule has 0 bridgehead atoms. The van der Waals surface area contributed by atoms with Crippen LogP contribution in [0, 0.1) is 17.5 Å². The van der Waals surface area contributed by atoms with Crippen molar-refractivity contribution in [1.82, 2.24) is 5.32 Å². The Morgan fingerprint density at radius 3 is 2.55 bits per heavy atom. The molecule has 1 aliphatic rings. The normalized spacial score (nSPS) is 13.5. The molecule has 29 heavy (non-hydrogen) atoms. The predicted octanol–water partition coefficient (Wildman–Crippen LogP) is 3.25. The van der Waals surface area contributed by atoms with E-state index >= 15 is 0 Å². The number of nitrogens with one attached hydrogen (secondary N) is 2. The van der Waals surface area contributed by atoms with E-state index < -0.39 is 41.5 Å². The van der Waals surface area contributed by atoms with E-state index in [9.17, 15) is 27.6 Å². The maximum atomic E-state index is 13.6. The molecule has 0 spiro atoms. The third-order valence-electron chi connectivity index (χ3n) is 4.29. The van der Waals surface area contributed by atoms with Crippen molar-refractivity contribution >= 4 is 40.7 Å². The molecule has 0 radical (unpaired) electrons. The summed E-state index contributed by atoms with van der Waals surface area (Å²) in [6.07, 6.45) is 1.08. The lowest BCUT2D eigenvalue weighted by Crippen LogP contribution is -2.33. The quantitative estimate of drug-likeness (QED) is 0.722. The third kappa shape index (κ3) is 4.51. The number of halogens is 4. The van der Waals surface area contributed by atoms with Gasteiger partial charge in [0.25, 0.3) is 5.91 Å². The minimum absolute atomic E-state index is 0.0996. The van der Waals surface area contributed by atoms with Gasteiger partial charge in [-0.1, -0.05) is 11.6 Å². The number of nitrogens with zero attached hydrogens (tertiary/aromatic N) is 1. The van der Waals surface area contributed by atoms with Gasteiger partial charge in [0, 0.05) is 18.5 Å². The molecule has 0 atom stereocenters. The van der Waals surface area contributed by atoms with E-state index in [0.29, 0.717) is 36.2 Å². The van der Waals surface area contributed by atoms with E-state index in [-0.39, 0.29) is 11.5 Å². The van der Waals surface area contributed by atoms with Crippen molar-refractivity contribution in [3.63, 3.8) is 0 Å². The van der Waals surface area contributed by atoms with Crippen molar-refractivity contribution in [3.05, 3.63) is 58.4 Å². The molecule has 10 heteroatoms. The first-order chi connectivity index (χ1) is 13.8. The van der Waals surface area contributed by atoms with Crippen LogP contribution in [0.15, 0.2) is 30.3 Å². The van der Waals surface area contributed by atoms with E-state index in [1.807, 2.05) is 5.32 Å². The lowest BCUT2D eigenvalue weighted by Gasteiger charge is -2.18. The zero-order valence-corrected chi connectivity index (χ0v) is 15.7. The number of benzene rings is 2. The standard InChI is InChI=1S/C19H15ClF3N3O3/c20-11-4-3-10(8-14(11)26-7-1-2-16(26)28)19(29)24-9-15(27)25-13-6-5-12(21)17(22)18(13)23/h3-6,8H,1-2,7,9H2,(H,24,29)(H,25,27). The van der Waals surface area contributed by atoms with Crippen LogP contribution in [-0.4, -0.2) is 30.8 Å². The largest absolute Gasteiger partial charge is 0.343 e. The average Bonchev–Trinajstić information content (AvgIpc) is 3.12. The number of hydrogen-bond acceptors (Lipinski definition) is 3. The summed E-state index contributed by atoms with van der Waals surface area (Å²) in [5.41, 5.74) is 0.00973. The summed E-state index contributed by atoms with van der Waals surface area (Å²) in [4.78, 5) is 37.6. The summed E-state index contributed by atoms with van der Waals surface area (Å²) < 4.78 is 39.7. The molecular weight excluding hydrogens is 411 g/mol. The van der Waals surface area contributed by atoms with Crippen LogP contribution in [0.4, 0.5) is 24.5 Å². The lowest BCUT2D eigenvalue weighted by molar-refractivity contribution is -0.117. The molecule has 1 heterocycles. The number of hydrogen-bond donors (Lipinski definition) is 2. The fourth-order valence-corrected chi connectivity index (χ4v) is 3.06.